The van der Waals surface area contributed by atoms with Gasteiger partial charge in [-0.2, -0.15) is 0 Å². The van der Waals surface area contributed by atoms with E-state index in [1.807, 2.05) is 0 Å². The molecule has 0 aromatic heterocycles. The van der Waals surface area contributed by atoms with E-state index >= 15 is 0 Å². The van der Waals surface area contributed by atoms with Crippen molar-refractivity contribution in [1.29, 1.82) is 0 Å². The average Bonchev–Trinajstić information content (AvgIpc) is 2.07. The summed E-state index contributed by atoms with van der Waals surface area (Å²) in [7, 11) is 0. The third-order valence-electron chi connectivity index (χ3n) is 1.73. The van der Waals surface area contributed by atoms with E-state index < -0.39 is 17.7 Å². The molecule has 0 radical (unpaired) electrons. The van der Waals surface area contributed by atoms with Gasteiger partial charge in [0.1, 0.15) is 5.60 Å². The number of ether oxygens (including phenoxy) is 1. The summed E-state index contributed by atoms with van der Waals surface area (Å²) in [6.07, 6.45) is 1.72. The molecular formula is C11H20NNaO4. The van der Waals surface area contributed by atoms with Gasteiger partial charge in [0.05, 0.1) is 0 Å². The van der Waals surface area contributed by atoms with Gasteiger partial charge in [0.25, 0.3) is 0 Å². The molecule has 0 aromatic carbocycles. The Morgan fingerprint density at radius 3 is 2.24 bits per heavy atom. The molecule has 5 nitrogen and oxygen atoms in total. The Balaban J connectivity index is 0. The fourth-order valence-corrected chi connectivity index (χ4v) is 1.08. The summed E-state index contributed by atoms with van der Waals surface area (Å²) >= 11 is 0. The van der Waals surface area contributed by atoms with Crippen LogP contribution in [0.15, 0.2) is 0 Å². The van der Waals surface area contributed by atoms with Gasteiger partial charge in [-0.1, -0.05) is 6.42 Å². The molecule has 0 saturated heterocycles. The molecule has 17 heavy (non-hydrogen) atoms. The summed E-state index contributed by atoms with van der Waals surface area (Å²) in [6, 6.07) is 0. The van der Waals surface area contributed by atoms with Crippen LogP contribution in [0.3, 0.4) is 0 Å². The Labute approximate surface area is 125 Å². The van der Waals surface area contributed by atoms with Crippen LogP contribution >= 0.6 is 0 Å². The molecule has 0 fully saturated rings. The first kappa shape index (κ1) is 19.1. The van der Waals surface area contributed by atoms with Crippen LogP contribution in [0, 0.1) is 0 Å². The molecule has 0 rings (SSSR count). The first-order chi connectivity index (χ1) is 7.31. The van der Waals surface area contributed by atoms with Gasteiger partial charge < -0.3 is 20.0 Å². The van der Waals surface area contributed by atoms with Gasteiger partial charge in [-0.25, -0.2) is 4.79 Å². The van der Waals surface area contributed by atoms with Crippen molar-refractivity contribution in [3.8, 4) is 0 Å². The molecule has 0 aromatic rings. The number of carboxylic acid groups (broad SMARTS) is 1. The van der Waals surface area contributed by atoms with E-state index in [9.17, 15) is 14.7 Å². The van der Waals surface area contributed by atoms with Crippen molar-refractivity contribution in [1.82, 2.24) is 5.32 Å². The Hall–Kier alpha value is -0.260. The van der Waals surface area contributed by atoms with Crippen LogP contribution < -0.4 is 40.0 Å². The predicted octanol–water partition coefficient (Wildman–Crippen LogP) is -2.17. The fraction of sp³-hybridized carbons (Fsp3) is 0.818. The average molecular weight is 253 g/mol. The molecule has 1 N–H and O–H groups in total. The number of rotatable bonds is 6. The zero-order valence-corrected chi connectivity index (χ0v) is 13.2. The number of unbranched alkanes of at least 4 members (excludes halogenated alkanes) is 2. The summed E-state index contributed by atoms with van der Waals surface area (Å²) in [6.45, 7) is 5.90. The second kappa shape index (κ2) is 9.74. The van der Waals surface area contributed by atoms with Gasteiger partial charge in [0, 0.05) is 12.5 Å². The predicted molar refractivity (Wildman–Crippen MR) is 57.7 cm³/mol. The van der Waals surface area contributed by atoms with Gasteiger partial charge in [0.15, 0.2) is 0 Å². The van der Waals surface area contributed by atoms with Crippen molar-refractivity contribution >= 4 is 12.1 Å². The molecule has 1 amide bonds. The minimum atomic E-state index is -1.03. The van der Waals surface area contributed by atoms with Gasteiger partial charge in [-0.05, 0) is 40.0 Å². The molecule has 0 spiro atoms. The summed E-state index contributed by atoms with van der Waals surface area (Å²) in [5.41, 5.74) is -0.487. The van der Waals surface area contributed by atoms with E-state index in [0.29, 0.717) is 13.0 Å². The molecule has 0 aliphatic heterocycles. The molecule has 0 unspecified atom stereocenters. The van der Waals surface area contributed by atoms with Crippen molar-refractivity contribution in [2.75, 3.05) is 6.54 Å². The molecule has 0 aliphatic carbocycles. The second-order valence-corrected chi connectivity index (χ2v) is 4.61. The van der Waals surface area contributed by atoms with Crippen LogP contribution in [0.5, 0.6) is 0 Å². The third-order valence-corrected chi connectivity index (χ3v) is 1.73. The number of amides is 1. The minimum Gasteiger partial charge on any atom is -0.550 e. The van der Waals surface area contributed by atoms with Crippen LogP contribution in [0.25, 0.3) is 0 Å². The number of carbonyl (C=O) groups excluding carboxylic acids is 2. The molecule has 0 bridgehead atoms. The number of alkyl carbamates (subject to hydrolysis) is 1. The van der Waals surface area contributed by atoms with Crippen LogP contribution in [0.2, 0.25) is 0 Å². The van der Waals surface area contributed by atoms with E-state index in [0.717, 1.165) is 12.8 Å². The Morgan fingerprint density at radius 2 is 1.76 bits per heavy atom. The monoisotopic (exact) mass is 253 g/mol. The van der Waals surface area contributed by atoms with Crippen molar-refractivity contribution in [2.24, 2.45) is 0 Å². The van der Waals surface area contributed by atoms with Crippen molar-refractivity contribution in [3.63, 3.8) is 0 Å². The van der Waals surface area contributed by atoms with Crippen molar-refractivity contribution in [3.05, 3.63) is 0 Å². The molecule has 0 atom stereocenters. The SMILES string of the molecule is CC(C)(C)OC(=O)NCCCCCC(=O)[O-].[Na+]. The number of nitrogens with one attached hydrogen (secondary N) is 1. The maximum Gasteiger partial charge on any atom is 1.00 e. The van der Waals surface area contributed by atoms with E-state index in [4.69, 9.17) is 4.74 Å². The molecular weight excluding hydrogens is 233 g/mol. The molecule has 6 heteroatoms. The number of carboxylic acids is 1. The fourth-order valence-electron chi connectivity index (χ4n) is 1.08. The molecule has 0 saturated carbocycles. The van der Waals surface area contributed by atoms with Crippen LogP contribution in [0.1, 0.15) is 46.5 Å². The Bertz CT molecular complexity index is 238. The van der Waals surface area contributed by atoms with Crippen LogP contribution in [0.4, 0.5) is 4.79 Å². The van der Waals surface area contributed by atoms with E-state index in [2.05, 4.69) is 5.32 Å². The summed E-state index contributed by atoms with van der Waals surface area (Å²) in [5.74, 6) is -1.03. The number of carbonyl (C=O) groups is 2. The quantitative estimate of drug-likeness (QED) is 0.431. The van der Waals surface area contributed by atoms with Gasteiger partial charge in [-0.15, -0.1) is 0 Å². The Kier molecular flexibility index (Phi) is 10.9. The van der Waals surface area contributed by atoms with E-state index in [-0.39, 0.29) is 36.0 Å². The van der Waals surface area contributed by atoms with Crippen LogP contribution in [-0.2, 0) is 9.53 Å². The molecule has 0 heterocycles. The molecule has 94 valence electrons. The normalized spacial score (nSPS) is 10.3. The number of hydrogen-bond acceptors (Lipinski definition) is 4. The van der Waals surface area contributed by atoms with E-state index in [1.54, 1.807) is 20.8 Å². The maximum atomic E-state index is 11.2. The van der Waals surface area contributed by atoms with Crippen LogP contribution in [-0.4, -0.2) is 24.2 Å². The van der Waals surface area contributed by atoms with Gasteiger partial charge in [0.2, 0.25) is 0 Å². The topological polar surface area (TPSA) is 78.5 Å². The summed E-state index contributed by atoms with van der Waals surface area (Å²) in [5, 5.41) is 12.7. The van der Waals surface area contributed by atoms with E-state index in [1.165, 1.54) is 0 Å². The van der Waals surface area contributed by atoms with Crippen molar-refractivity contribution < 1.29 is 49.0 Å². The van der Waals surface area contributed by atoms with Gasteiger partial charge >= 0.3 is 35.7 Å². The standard InChI is InChI=1S/C11H21NO4.Na/c1-11(2,3)16-10(15)12-8-6-4-5-7-9(13)14;/h4-8H2,1-3H3,(H,12,15)(H,13,14);/q;+1/p-1. The molecule has 0 aliphatic rings. The maximum absolute atomic E-state index is 11.2. The van der Waals surface area contributed by atoms with Crippen molar-refractivity contribution in [2.45, 2.75) is 52.1 Å². The summed E-state index contributed by atoms with van der Waals surface area (Å²) < 4.78 is 5.03. The minimum absolute atomic E-state index is 0. The Morgan fingerprint density at radius 1 is 1.18 bits per heavy atom. The number of hydrogen-bond donors (Lipinski definition) is 1. The smallest absolute Gasteiger partial charge is 0.550 e. The second-order valence-electron chi connectivity index (χ2n) is 4.61. The third kappa shape index (κ3) is 15.7. The first-order valence-corrected chi connectivity index (χ1v) is 5.48. The number of aliphatic carboxylic acids is 1. The zero-order chi connectivity index (χ0) is 12.6. The largest absolute Gasteiger partial charge is 1.00 e. The first-order valence-electron chi connectivity index (χ1n) is 5.48. The summed E-state index contributed by atoms with van der Waals surface area (Å²) in [4.78, 5) is 21.3. The zero-order valence-electron chi connectivity index (χ0n) is 11.2. The van der Waals surface area contributed by atoms with Gasteiger partial charge in [-0.3, -0.25) is 0 Å².